The first-order chi connectivity index (χ1) is 29.6. The number of ether oxygens (including phenoxy) is 4. The summed E-state index contributed by atoms with van der Waals surface area (Å²) in [6.07, 6.45) is 4.47. The van der Waals surface area contributed by atoms with Crippen LogP contribution in [0.25, 0.3) is 33.4 Å². The molecule has 2 N–H and O–H groups in total. The van der Waals surface area contributed by atoms with Crippen molar-refractivity contribution in [3.8, 4) is 45.3 Å². The van der Waals surface area contributed by atoms with Gasteiger partial charge in [0.05, 0.1) is 25.3 Å². The van der Waals surface area contributed by atoms with Gasteiger partial charge in [0.1, 0.15) is 47.8 Å². The third-order valence-electron chi connectivity index (χ3n) is 11.2. The SMILES string of the molecule is COc1cc(F)ccc1-c1ccc2c(c1COc1cccc(C)c1)C(C)=CC(C)(C)N2.COc1cc(F)ccc1-c1ccc2c(c1COc1ccccc1C)C(C)=CC(C)(C)N2. The van der Waals surface area contributed by atoms with Crippen LogP contribution in [0, 0.1) is 25.5 Å². The van der Waals surface area contributed by atoms with E-state index < -0.39 is 0 Å². The van der Waals surface area contributed by atoms with Gasteiger partial charge < -0.3 is 29.6 Å². The van der Waals surface area contributed by atoms with Crippen LogP contribution in [0.15, 0.2) is 121 Å². The highest BCUT2D eigenvalue weighted by Crippen LogP contribution is 2.45. The van der Waals surface area contributed by atoms with Crippen LogP contribution in [0.1, 0.15) is 74.9 Å². The molecule has 8 rings (SSSR count). The summed E-state index contributed by atoms with van der Waals surface area (Å²) in [6.45, 7) is 17.7. The van der Waals surface area contributed by atoms with E-state index in [1.165, 1.54) is 35.4 Å². The molecular formula is C54H56F2N2O4. The minimum atomic E-state index is -0.324. The molecule has 0 spiro atoms. The molecule has 0 radical (unpaired) electrons. The maximum Gasteiger partial charge on any atom is 0.129 e. The Labute approximate surface area is 365 Å². The van der Waals surface area contributed by atoms with E-state index in [4.69, 9.17) is 18.9 Å². The highest BCUT2D eigenvalue weighted by Gasteiger charge is 2.29. The predicted octanol–water partition coefficient (Wildman–Crippen LogP) is 14.0. The summed E-state index contributed by atoms with van der Waals surface area (Å²) < 4.78 is 51.2. The number of hydrogen-bond acceptors (Lipinski definition) is 6. The smallest absolute Gasteiger partial charge is 0.129 e. The van der Waals surface area contributed by atoms with E-state index in [0.29, 0.717) is 24.7 Å². The predicted molar refractivity (Wildman–Crippen MR) is 251 cm³/mol. The number of nitrogens with one attached hydrogen (secondary N) is 2. The highest BCUT2D eigenvalue weighted by molar-refractivity contribution is 5.90. The van der Waals surface area contributed by atoms with Crippen LogP contribution in [0.4, 0.5) is 20.2 Å². The second-order valence-corrected chi connectivity index (χ2v) is 17.2. The third kappa shape index (κ3) is 9.50. The standard InChI is InChI=1S/2C27H28FNO2/c1-17-7-6-8-20(13-17)31-16-23-21(22-10-9-19(28)14-25(22)30-5)11-12-24-26(23)18(2)15-27(3,4)29-24;1-17-8-6-7-9-24(17)31-16-22-20(21-11-10-19(28)14-25(21)30-5)12-13-23-26(22)18(2)15-27(3,4)29-23/h2*6-15,29H,16H2,1-5H3. The Bertz CT molecular complexity index is 2700. The minimum Gasteiger partial charge on any atom is -0.496 e. The van der Waals surface area contributed by atoms with Crippen molar-refractivity contribution in [1.29, 1.82) is 0 Å². The van der Waals surface area contributed by atoms with Gasteiger partial charge >= 0.3 is 0 Å². The van der Waals surface area contributed by atoms with Crippen LogP contribution in [-0.4, -0.2) is 25.3 Å². The largest absolute Gasteiger partial charge is 0.496 e. The fourth-order valence-corrected chi connectivity index (χ4v) is 8.71. The second kappa shape index (κ2) is 17.8. The number of methoxy groups -OCH3 is 2. The van der Waals surface area contributed by atoms with Crippen molar-refractivity contribution in [2.75, 3.05) is 24.9 Å². The van der Waals surface area contributed by atoms with Crippen molar-refractivity contribution >= 4 is 22.5 Å². The van der Waals surface area contributed by atoms with Crippen molar-refractivity contribution in [2.45, 2.75) is 79.7 Å². The molecule has 0 aliphatic carbocycles. The molecule has 2 aliphatic heterocycles. The van der Waals surface area contributed by atoms with Gasteiger partial charge in [-0.3, -0.25) is 0 Å². The quantitative estimate of drug-likeness (QED) is 0.143. The first kappa shape index (κ1) is 43.5. The number of benzene rings is 6. The van der Waals surface area contributed by atoms with Crippen LogP contribution < -0.4 is 29.6 Å². The average molecular weight is 835 g/mol. The molecule has 6 aromatic carbocycles. The Hall–Kier alpha value is -6.54. The van der Waals surface area contributed by atoms with Crippen LogP contribution in [-0.2, 0) is 13.2 Å². The summed E-state index contributed by atoms with van der Waals surface area (Å²) in [6, 6.07) is 33.6. The summed E-state index contributed by atoms with van der Waals surface area (Å²) >= 11 is 0. The number of aryl methyl sites for hydroxylation is 2. The molecule has 0 aromatic heterocycles. The number of halogens is 2. The summed E-state index contributed by atoms with van der Waals surface area (Å²) in [5.74, 6) is 2.03. The minimum absolute atomic E-state index is 0.138. The third-order valence-corrected chi connectivity index (χ3v) is 11.2. The van der Waals surface area contributed by atoms with Crippen LogP contribution in [0.3, 0.4) is 0 Å². The van der Waals surface area contributed by atoms with Crippen molar-refractivity contribution < 1.29 is 27.7 Å². The van der Waals surface area contributed by atoms with Gasteiger partial charge in [-0.15, -0.1) is 0 Å². The Kier molecular flexibility index (Phi) is 12.5. The molecule has 0 atom stereocenters. The molecule has 6 aromatic rings. The lowest BCUT2D eigenvalue weighted by atomic mass is 9.85. The summed E-state index contributed by atoms with van der Waals surface area (Å²) in [5.41, 5.74) is 14.4. The summed E-state index contributed by atoms with van der Waals surface area (Å²) in [4.78, 5) is 0. The zero-order chi connectivity index (χ0) is 44.3. The molecule has 62 heavy (non-hydrogen) atoms. The number of rotatable bonds is 10. The first-order valence-corrected chi connectivity index (χ1v) is 20.9. The topological polar surface area (TPSA) is 61.0 Å². The fraction of sp³-hybridized carbons (Fsp3) is 0.259. The Morgan fingerprint density at radius 3 is 1.47 bits per heavy atom. The van der Waals surface area contributed by atoms with Gasteiger partial charge in [0.2, 0.25) is 0 Å². The zero-order valence-electron chi connectivity index (χ0n) is 37.4. The lowest BCUT2D eigenvalue weighted by Gasteiger charge is -2.33. The van der Waals surface area contributed by atoms with Gasteiger partial charge in [-0.1, -0.05) is 54.6 Å². The zero-order valence-corrected chi connectivity index (χ0v) is 37.4. The van der Waals surface area contributed by atoms with Gasteiger partial charge in [-0.25, -0.2) is 8.78 Å². The van der Waals surface area contributed by atoms with Gasteiger partial charge in [0, 0.05) is 56.9 Å². The molecule has 0 saturated carbocycles. The lowest BCUT2D eigenvalue weighted by molar-refractivity contribution is 0.304. The van der Waals surface area contributed by atoms with E-state index in [-0.39, 0.29) is 22.7 Å². The van der Waals surface area contributed by atoms with Crippen LogP contribution in [0.5, 0.6) is 23.0 Å². The number of para-hydroxylation sites is 1. The van der Waals surface area contributed by atoms with E-state index in [1.807, 2.05) is 62.4 Å². The Morgan fingerprint density at radius 1 is 0.500 bits per heavy atom. The van der Waals surface area contributed by atoms with Crippen LogP contribution in [0.2, 0.25) is 0 Å². The van der Waals surface area contributed by atoms with Gasteiger partial charge in [-0.2, -0.15) is 0 Å². The molecule has 0 unspecified atom stereocenters. The number of fused-ring (bicyclic) bond motifs is 2. The fourth-order valence-electron chi connectivity index (χ4n) is 8.71. The first-order valence-electron chi connectivity index (χ1n) is 20.9. The molecule has 320 valence electrons. The second-order valence-electron chi connectivity index (χ2n) is 17.2. The number of anilines is 2. The Morgan fingerprint density at radius 2 is 0.984 bits per heavy atom. The maximum atomic E-state index is 13.9. The maximum absolute atomic E-state index is 13.9. The monoisotopic (exact) mass is 834 g/mol. The van der Waals surface area contributed by atoms with Gasteiger partial charge in [-0.05, 0) is 143 Å². The van der Waals surface area contributed by atoms with Crippen molar-refractivity contribution in [1.82, 2.24) is 0 Å². The summed E-state index contributed by atoms with van der Waals surface area (Å²) in [7, 11) is 3.13. The van der Waals surface area contributed by atoms with Crippen LogP contribution >= 0.6 is 0 Å². The molecule has 0 fully saturated rings. The number of allylic oxidation sites excluding steroid dienone is 2. The molecule has 6 nitrogen and oxygen atoms in total. The van der Waals surface area contributed by atoms with E-state index in [1.54, 1.807) is 26.4 Å². The molecule has 8 heteroatoms. The Balaban J connectivity index is 0.000000186. The number of hydrogen-bond donors (Lipinski definition) is 2. The molecule has 2 heterocycles. The molecule has 2 aliphatic rings. The molecule has 0 bridgehead atoms. The van der Waals surface area contributed by atoms with Gasteiger partial charge in [0.25, 0.3) is 0 Å². The highest BCUT2D eigenvalue weighted by atomic mass is 19.1. The summed E-state index contributed by atoms with van der Waals surface area (Å²) in [5, 5.41) is 7.22. The lowest BCUT2D eigenvalue weighted by Crippen LogP contribution is -2.32. The average Bonchev–Trinajstić information content (AvgIpc) is 3.21. The normalized spacial score (nSPS) is 14.3. The molecule has 0 saturated heterocycles. The molecule has 0 amide bonds. The van der Waals surface area contributed by atoms with E-state index >= 15 is 0 Å². The van der Waals surface area contributed by atoms with Crippen molar-refractivity contribution in [2.24, 2.45) is 0 Å². The van der Waals surface area contributed by atoms with E-state index in [9.17, 15) is 8.78 Å². The van der Waals surface area contributed by atoms with E-state index in [2.05, 4.69) is 88.6 Å². The van der Waals surface area contributed by atoms with Crippen molar-refractivity contribution in [3.05, 3.63) is 166 Å². The van der Waals surface area contributed by atoms with Crippen molar-refractivity contribution in [3.63, 3.8) is 0 Å². The van der Waals surface area contributed by atoms with Gasteiger partial charge in [0.15, 0.2) is 0 Å². The molecular weight excluding hydrogens is 779 g/mol. The van der Waals surface area contributed by atoms with E-state index in [0.717, 1.165) is 78.5 Å².